The van der Waals surface area contributed by atoms with Gasteiger partial charge in [0.25, 0.3) is 0 Å². The van der Waals surface area contributed by atoms with Crippen LogP contribution in [-0.4, -0.2) is 27.5 Å². The number of aromatic nitrogens is 2. The predicted molar refractivity (Wildman–Crippen MR) is 69.5 cm³/mol. The van der Waals surface area contributed by atoms with E-state index in [1.165, 1.54) is 4.68 Å². The largest absolute Gasteiger partial charge is 0.492 e. The van der Waals surface area contributed by atoms with E-state index in [0.717, 1.165) is 28.1 Å². The second-order valence-corrected chi connectivity index (χ2v) is 4.65. The molecule has 0 amide bonds. The molecule has 5 heteroatoms. The summed E-state index contributed by atoms with van der Waals surface area (Å²) in [6, 6.07) is 5.83. The number of carbonyl (C=O) groups is 1. The summed E-state index contributed by atoms with van der Waals surface area (Å²) in [5.41, 5.74) is 3.62. The molecule has 1 aliphatic rings. The van der Waals surface area contributed by atoms with Gasteiger partial charge >= 0.3 is 5.97 Å². The van der Waals surface area contributed by atoms with E-state index in [2.05, 4.69) is 5.10 Å². The maximum absolute atomic E-state index is 11.3. The fourth-order valence-corrected chi connectivity index (χ4v) is 2.57. The molecule has 19 heavy (non-hydrogen) atoms. The fraction of sp³-hybridized carbons (Fsp3) is 0.286. The molecule has 0 spiro atoms. The van der Waals surface area contributed by atoms with Gasteiger partial charge in [-0.2, -0.15) is 5.10 Å². The molecule has 1 aromatic heterocycles. The summed E-state index contributed by atoms with van der Waals surface area (Å²) in [4.78, 5) is 11.3. The van der Waals surface area contributed by atoms with Crippen LogP contribution in [0, 0.1) is 6.92 Å². The van der Waals surface area contributed by atoms with Gasteiger partial charge < -0.3 is 9.84 Å². The van der Waals surface area contributed by atoms with Crippen molar-refractivity contribution in [1.82, 2.24) is 9.78 Å². The van der Waals surface area contributed by atoms with E-state index in [4.69, 9.17) is 4.74 Å². The molecule has 98 valence electrons. The van der Waals surface area contributed by atoms with Gasteiger partial charge in [-0.1, -0.05) is 12.1 Å². The molecule has 2 aromatic rings. The third-order valence-corrected chi connectivity index (χ3v) is 3.41. The molecule has 0 unspecified atom stereocenters. The highest BCUT2D eigenvalue weighted by Gasteiger charge is 2.26. The van der Waals surface area contributed by atoms with Gasteiger partial charge in [-0.25, -0.2) is 4.79 Å². The van der Waals surface area contributed by atoms with Crippen LogP contribution in [0.25, 0.3) is 11.3 Å². The van der Waals surface area contributed by atoms with E-state index in [9.17, 15) is 9.90 Å². The second kappa shape index (κ2) is 4.12. The van der Waals surface area contributed by atoms with E-state index >= 15 is 0 Å². The first-order chi connectivity index (χ1) is 9.09. The molecule has 0 bridgehead atoms. The smallest absolute Gasteiger partial charge is 0.354 e. The molecule has 0 radical (unpaired) electrons. The summed E-state index contributed by atoms with van der Waals surface area (Å²) in [5, 5.41) is 13.7. The Bertz CT molecular complexity index is 674. The van der Waals surface area contributed by atoms with E-state index in [0.29, 0.717) is 13.0 Å². The van der Waals surface area contributed by atoms with Gasteiger partial charge in [-0.3, -0.25) is 4.68 Å². The first-order valence-corrected chi connectivity index (χ1v) is 6.11. The highest BCUT2D eigenvalue weighted by molar-refractivity contribution is 5.90. The Hall–Kier alpha value is -2.30. The molecule has 0 atom stereocenters. The van der Waals surface area contributed by atoms with Crippen LogP contribution in [0.15, 0.2) is 18.2 Å². The monoisotopic (exact) mass is 258 g/mol. The molecule has 0 saturated heterocycles. The Labute approximate surface area is 110 Å². The lowest BCUT2D eigenvalue weighted by molar-refractivity contribution is 0.0683. The van der Waals surface area contributed by atoms with Crippen molar-refractivity contribution in [3.63, 3.8) is 0 Å². The van der Waals surface area contributed by atoms with Crippen molar-refractivity contribution < 1.29 is 14.6 Å². The lowest BCUT2D eigenvalue weighted by atomic mass is 10.0. The van der Waals surface area contributed by atoms with Crippen molar-refractivity contribution in [2.45, 2.75) is 13.3 Å². The average Bonchev–Trinajstić information content (AvgIpc) is 2.57. The van der Waals surface area contributed by atoms with E-state index in [1.54, 1.807) is 7.05 Å². The third kappa shape index (κ3) is 1.69. The van der Waals surface area contributed by atoms with Crippen LogP contribution in [0.3, 0.4) is 0 Å². The molecule has 1 aromatic carbocycles. The number of hydrogen-bond acceptors (Lipinski definition) is 3. The Morgan fingerprint density at radius 3 is 3.00 bits per heavy atom. The molecule has 3 rings (SSSR count). The van der Waals surface area contributed by atoms with Gasteiger partial charge in [0.2, 0.25) is 0 Å². The number of aromatic carboxylic acids is 1. The van der Waals surface area contributed by atoms with Crippen LogP contribution in [0.2, 0.25) is 0 Å². The Kier molecular flexibility index (Phi) is 2.55. The van der Waals surface area contributed by atoms with Gasteiger partial charge in [0.15, 0.2) is 0 Å². The first kappa shape index (κ1) is 11.8. The molecule has 1 aliphatic heterocycles. The fourth-order valence-electron chi connectivity index (χ4n) is 2.57. The van der Waals surface area contributed by atoms with Gasteiger partial charge in [0.05, 0.1) is 6.61 Å². The summed E-state index contributed by atoms with van der Waals surface area (Å²) in [5.74, 6) is -0.149. The lowest BCUT2D eigenvalue weighted by Gasteiger charge is -2.09. The van der Waals surface area contributed by atoms with Crippen LogP contribution in [0.1, 0.15) is 21.6 Å². The van der Waals surface area contributed by atoms with Crippen molar-refractivity contribution in [3.8, 4) is 17.0 Å². The standard InChI is InChI=1S/C14H14N2O3/c1-8-4-3-5-10-11-9(6-7-19-13(8)10)12(14(17)18)16(2)15-11/h3-5H,6-7H2,1-2H3,(H,17,18). The molecule has 2 heterocycles. The van der Waals surface area contributed by atoms with E-state index in [1.807, 2.05) is 25.1 Å². The third-order valence-electron chi connectivity index (χ3n) is 3.41. The number of carboxylic acids is 1. The number of fused-ring (bicyclic) bond motifs is 3. The van der Waals surface area contributed by atoms with Crippen LogP contribution in [0.5, 0.6) is 5.75 Å². The molecule has 0 fully saturated rings. The zero-order chi connectivity index (χ0) is 13.6. The Balaban J connectivity index is 2.31. The summed E-state index contributed by atoms with van der Waals surface area (Å²) < 4.78 is 7.19. The van der Waals surface area contributed by atoms with Crippen LogP contribution < -0.4 is 4.74 Å². The molecule has 0 aliphatic carbocycles. The Morgan fingerprint density at radius 1 is 1.47 bits per heavy atom. The highest BCUT2D eigenvalue weighted by atomic mass is 16.5. The maximum atomic E-state index is 11.3. The normalized spacial score (nSPS) is 13.2. The number of para-hydroxylation sites is 1. The predicted octanol–water partition coefficient (Wildman–Crippen LogP) is 2.03. The topological polar surface area (TPSA) is 64.4 Å². The lowest BCUT2D eigenvalue weighted by Crippen LogP contribution is -2.10. The zero-order valence-electron chi connectivity index (χ0n) is 10.8. The second-order valence-electron chi connectivity index (χ2n) is 4.65. The van der Waals surface area contributed by atoms with Gasteiger partial charge in [0.1, 0.15) is 17.1 Å². The van der Waals surface area contributed by atoms with Crippen molar-refractivity contribution in [2.24, 2.45) is 7.05 Å². The van der Waals surface area contributed by atoms with Crippen LogP contribution >= 0.6 is 0 Å². The van der Waals surface area contributed by atoms with Gasteiger partial charge in [0, 0.05) is 24.6 Å². The van der Waals surface area contributed by atoms with Crippen LogP contribution in [-0.2, 0) is 13.5 Å². The summed E-state index contributed by atoms with van der Waals surface area (Å²) in [6.07, 6.45) is 0.554. The number of rotatable bonds is 1. The minimum atomic E-state index is -0.952. The quantitative estimate of drug-likeness (QED) is 0.850. The van der Waals surface area contributed by atoms with Crippen molar-refractivity contribution in [2.75, 3.05) is 6.61 Å². The average molecular weight is 258 g/mol. The van der Waals surface area contributed by atoms with Crippen molar-refractivity contribution in [1.29, 1.82) is 0 Å². The van der Waals surface area contributed by atoms with Crippen molar-refractivity contribution >= 4 is 5.97 Å². The number of nitrogens with zero attached hydrogens (tertiary/aromatic N) is 2. The highest BCUT2D eigenvalue weighted by Crippen LogP contribution is 2.37. The number of benzene rings is 1. The summed E-state index contributed by atoms with van der Waals surface area (Å²) in [7, 11) is 1.66. The minimum Gasteiger partial charge on any atom is -0.492 e. The van der Waals surface area contributed by atoms with E-state index in [-0.39, 0.29) is 5.69 Å². The number of ether oxygens (including phenoxy) is 1. The molecule has 0 saturated carbocycles. The van der Waals surface area contributed by atoms with Crippen LogP contribution in [0.4, 0.5) is 0 Å². The minimum absolute atomic E-state index is 0.243. The first-order valence-electron chi connectivity index (χ1n) is 6.11. The van der Waals surface area contributed by atoms with E-state index < -0.39 is 5.97 Å². The molecule has 1 N–H and O–H groups in total. The SMILES string of the molecule is Cc1cccc2c1OCCc1c-2nn(C)c1C(=O)O. The molecular weight excluding hydrogens is 244 g/mol. The number of carboxylic acid groups (broad SMARTS) is 1. The summed E-state index contributed by atoms with van der Waals surface area (Å²) in [6.45, 7) is 2.45. The number of hydrogen-bond donors (Lipinski definition) is 1. The van der Waals surface area contributed by atoms with Gasteiger partial charge in [-0.15, -0.1) is 0 Å². The molecular formula is C14H14N2O3. The van der Waals surface area contributed by atoms with Gasteiger partial charge in [-0.05, 0) is 18.6 Å². The summed E-state index contributed by atoms with van der Waals surface area (Å²) >= 11 is 0. The maximum Gasteiger partial charge on any atom is 0.354 e. The zero-order valence-corrected chi connectivity index (χ0v) is 10.8. The Morgan fingerprint density at radius 2 is 2.26 bits per heavy atom. The number of aryl methyl sites for hydroxylation is 2. The van der Waals surface area contributed by atoms with Crippen molar-refractivity contribution in [3.05, 3.63) is 35.0 Å². The molecule has 5 nitrogen and oxygen atoms in total.